The third-order valence-electron chi connectivity index (χ3n) is 3.99. The van der Waals surface area contributed by atoms with Crippen molar-refractivity contribution in [2.45, 2.75) is 32.4 Å². The summed E-state index contributed by atoms with van der Waals surface area (Å²) in [6, 6.07) is 16.5. The van der Waals surface area contributed by atoms with Crippen LogP contribution in [-0.4, -0.2) is 11.0 Å². The normalized spacial score (nSPS) is 11.9. The van der Waals surface area contributed by atoms with Gasteiger partial charge in [0, 0.05) is 23.1 Å². The van der Waals surface area contributed by atoms with Gasteiger partial charge in [-0.1, -0.05) is 43.3 Å². The molecule has 0 saturated heterocycles. The molecule has 3 N–H and O–H groups in total. The topological polar surface area (TPSA) is 51.0 Å². The van der Waals surface area contributed by atoms with Crippen molar-refractivity contribution in [1.29, 1.82) is 0 Å². The molecular weight excluding hydrogens is 308 g/mol. The summed E-state index contributed by atoms with van der Waals surface area (Å²) in [6.07, 6.45) is 3.89. The first-order valence-corrected chi connectivity index (χ1v) is 7.79. The molecule has 122 valence electrons. The fourth-order valence-corrected chi connectivity index (χ4v) is 2.66. The summed E-state index contributed by atoms with van der Waals surface area (Å²) < 4.78 is 6.06. The van der Waals surface area contributed by atoms with E-state index in [0.717, 1.165) is 29.5 Å². The van der Waals surface area contributed by atoms with Gasteiger partial charge in [-0.15, -0.1) is 12.4 Å². The van der Waals surface area contributed by atoms with Crippen LogP contribution in [0.5, 0.6) is 5.75 Å². The second-order valence-electron chi connectivity index (χ2n) is 5.64. The SMILES string of the molecule is CCC(N)Cc1c[nH]c2cccc(OCc3ccccc3)c12.Cl. The van der Waals surface area contributed by atoms with Gasteiger partial charge in [0.15, 0.2) is 0 Å². The zero-order chi connectivity index (χ0) is 15.4. The highest BCUT2D eigenvalue weighted by Crippen LogP contribution is 2.30. The predicted octanol–water partition coefficient (Wildman–Crippen LogP) is 4.45. The van der Waals surface area contributed by atoms with E-state index in [2.05, 4.69) is 36.3 Å². The maximum absolute atomic E-state index is 6.12. The molecule has 4 heteroatoms. The second-order valence-corrected chi connectivity index (χ2v) is 5.64. The molecule has 1 atom stereocenters. The number of halogens is 1. The van der Waals surface area contributed by atoms with Crippen molar-refractivity contribution in [3.8, 4) is 5.75 Å². The first kappa shape index (κ1) is 17.4. The maximum Gasteiger partial charge on any atom is 0.129 e. The zero-order valence-electron chi connectivity index (χ0n) is 13.3. The van der Waals surface area contributed by atoms with Gasteiger partial charge in [0.05, 0.1) is 0 Å². The third-order valence-corrected chi connectivity index (χ3v) is 3.99. The van der Waals surface area contributed by atoms with E-state index in [1.807, 2.05) is 30.3 Å². The number of aromatic nitrogens is 1. The molecule has 0 amide bonds. The second kappa shape index (κ2) is 8.04. The number of nitrogens with two attached hydrogens (primary N) is 1. The lowest BCUT2D eigenvalue weighted by atomic mass is 10.0. The number of rotatable bonds is 6. The van der Waals surface area contributed by atoms with Gasteiger partial charge in [-0.2, -0.15) is 0 Å². The molecule has 1 heterocycles. The highest BCUT2D eigenvalue weighted by Gasteiger charge is 2.12. The fraction of sp³-hybridized carbons (Fsp3) is 0.263. The van der Waals surface area contributed by atoms with Crippen molar-refractivity contribution < 1.29 is 4.74 Å². The van der Waals surface area contributed by atoms with Crippen LogP contribution in [0, 0.1) is 0 Å². The Morgan fingerprint density at radius 1 is 1.09 bits per heavy atom. The Morgan fingerprint density at radius 2 is 1.87 bits per heavy atom. The fourth-order valence-electron chi connectivity index (χ4n) is 2.66. The molecule has 0 spiro atoms. The number of ether oxygens (including phenoxy) is 1. The molecule has 0 radical (unpaired) electrons. The number of benzene rings is 2. The smallest absolute Gasteiger partial charge is 0.129 e. The van der Waals surface area contributed by atoms with Crippen molar-refractivity contribution in [3.63, 3.8) is 0 Å². The van der Waals surface area contributed by atoms with Crippen molar-refractivity contribution in [2.24, 2.45) is 5.73 Å². The standard InChI is InChI=1S/C19H22N2O.ClH/c1-2-16(20)11-15-12-21-17-9-6-10-18(19(15)17)22-13-14-7-4-3-5-8-14;/h3-10,12,16,21H,2,11,13,20H2,1H3;1H. The van der Waals surface area contributed by atoms with Crippen molar-refractivity contribution in [1.82, 2.24) is 4.98 Å². The van der Waals surface area contributed by atoms with Crippen LogP contribution in [0.15, 0.2) is 54.7 Å². The number of H-pyrrole nitrogens is 1. The summed E-state index contributed by atoms with van der Waals surface area (Å²) in [5, 5.41) is 1.15. The van der Waals surface area contributed by atoms with E-state index in [4.69, 9.17) is 10.5 Å². The van der Waals surface area contributed by atoms with Gasteiger partial charge in [0.25, 0.3) is 0 Å². The Balaban J connectivity index is 0.00000192. The Hall–Kier alpha value is -1.97. The van der Waals surface area contributed by atoms with Crippen LogP contribution in [0.3, 0.4) is 0 Å². The highest BCUT2D eigenvalue weighted by atomic mass is 35.5. The lowest BCUT2D eigenvalue weighted by Gasteiger charge is -2.11. The summed E-state index contributed by atoms with van der Waals surface area (Å²) in [4.78, 5) is 3.32. The third kappa shape index (κ3) is 4.06. The molecule has 23 heavy (non-hydrogen) atoms. The molecule has 1 unspecified atom stereocenters. The molecule has 1 aromatic heterocycles. The van der Waals surface area contributed by atoms with Gasteiger partial charge in [-0.25, -0.2) is 0 Å². The molecule has 0 saturated carbocycles. The van der Waals surface area contributed by atoms with E-state index in [1.165, 1.54) is 11.1 Å². The molecule has 3 aromatic rings. The first-order chi connectivity index (χ1) is 10.8. The van der Waals surface area contributed by atoms with Crippen LogP contribution in [-0.2, 0) is 13.0 Å². The number of fused-ring (bicyclic) bond motifs is 1. The van der Waals surface area contributed by atoms with E-state index >= 15 is 0 Å². The van der Waals surface area contributed by atoms with Gasteiger partial charge in [-0.05, 0) is 36.1 Å². The predicted molar refractivity (Wildman–Crippen MR) is 98.3 cm³/mol. The lowest BCUT2D eigenvalue weighted by molar-refractivity contribution is 0.310. The Bertz CT molecular complexity index is 739. The average Bonchev–Trinajstić information content (AvgIpc) is 2.97. The first-order valence-electron chi connectivity index (χ1n) is 7.79. The Labute approximate surface area is 143 Å². The van der Waals surface area contributed by atoms with Crippen LogP contribution >= 0.6 is 12.4 Å². The van der Waals surface area contributed by atoms with Crippen molar-refractivity contribution >= 4 is 23.3 Å². The summed E-state index contributed by atoms with van der Waals surface area (Å²) in [5.41, 5.74) is 9.61. The maximum atomic E-state index is 6.12. The summed E-state index contributed by atoms with van der Waals surface area (Å²) in [5.74, 6) is 0.918. The zero-order valence-corrected chi connectivity index (χ0v) is 14.1. The van der Waals surface area contributed by atoms with Gasteiger partial charge in [0.2, 0.25) is 0 Å². The van der Waals surface area contributed by atoms with Crippen LogP contribution in [0.2, 0.25) is 0 Å². The molecule has 0 aliphatic heterocycles. The van der Waals surface area contributed by atoms with Crippen LogP contribution in [0.1, 0.15) is 24.5 Å². The molecule has 3 rings (SSSR count). The molecule has 0 aliphatic carbocycles. The van der Waals surface area contributed by atoms with Gasteiger partial charge >= 0.3 is 0 Å². The largest absolute Gasteiger partial charge is 0.488 e. The summed E-state index contributed by atoms with van der Waals surface area (Å²) in [6.45, 7) is 2.69. The number of nitrogens with one attached hydrogen (secondary N) is 1. The quantitative estimate of drug-likeness (QED) is 0.701. The van der Waals surface area contributed by atoms with Crippen LogP contribution in [0.4, 0.5) is 0 Å². The summed E-state index contributed by atoms with van der Waals surface area (Å²) in [7, 11) is 0. The Kier molecular flexibility index (Phi) is 6.08. The van der Waals surface area contributed by atoms with Crippen LogP contribution < -0.4 is 10.5 Å². The van der Waals surface area contributed by atoms with E-state index in [9.17, 15) is 0 Å². The number of aromatic amines is 1. The molecule has 3 nitrogen and oxygen atoms in total. The molecule has 0 fully saturated rings. The number of hydrogen-bond acceptors (Lipinski definition) is 2. The molecule has 2 aromatic carbocycles. The van der Waals surface area contributed by atoms with E-state index < -0.39 is 0 Å². The van der Waals surface area contributed by atoms with E-state index in [-0.39, 0.29) is 18.4 Å². The lowest BCUT2D eigenvalue weighted by Crippen LogP contribution is -2.21. The number of hydrogen-bond donors (Lipinski definition) is 2. The highest BCUT2D eigenvalue weighted by molar-refractivity contribution is 5.89. The van der Waals surface area contributed by atoms with Crippen molar-refractivity contribution in [3.05, 3.63) is 65.9 Å². The minimum Gasteiger partial charge on any atom is -0.488 e. The Morgan fingerprint density at radius 3 is 2.61 bits per heavy atom. The minimum atomic E-state index is 0. The minimum absolute atomic E-state index is 0. The summed E-state index contributed by atoms with van der Waals surface area (Å²) >= 11 is 0. The van der Waals surface area contributed by atoms with Crippen LogP contribution in [0.25, 0.3) is 10.9 Å². The van der Waals surface area contributed by atoms with E-state index in [1.54, 1.807) is 0 Å². The molecule has 0 aliphatic rings. The monoisotopic (exact) mass is 330 g/mol. The molecule has 0 bridgehead atoms. The van der Waals surface area contributed by atoms with Crippen molar-refractivity contribution in [2.75, 3.05) is 0 Å². The van der Waals surface area contributed by atoms with Gasteiger partial charge in [-0.3, -0.25) is 0 Å². The van der Waals surface area contributed by atoms with E-state index in [0.29, 0.717) is 6.61 Å². The average molecular weight is 331 g/mol. The van der Waals surface area contributed by atoms with Gasteiger partial charge < -0.3 is 15.5 Å². The van der Waals surface area contributed by atoms with Gasteiger partial charge in [0.1, 0.15) is 12.4 Å². The molecular formula is C19H23ClN2O.